The molecule has 1 fully saturated rings. The summed E-state index contributed by atoms with van der Waals surface area (Å²) in [6.07, 6.45) is 2.26. The molecule has 35 heavy (non-hydrogen) atoms. The summed E-state index contributed by atoms with van der Waals surface area (Å²) >= 11 is 1.45. The van der Waals surface area contributed by atoms with Crippen LogP contribution in [0.5, 0.6) is 5.75 Å². The molecule has 5 unspecified atom stereocenters. The Hall–Kier alpha value is -2.83. The predicted molar refractivity (Wildman–Crippen MR) is 131 cm³/mol. The molecule has 2 rings (SSSR count). The van der Waals surface area contributed by atoms with Crippen LogP contribution in [0.3, 0.4) is 0 Å². The fraction of sp³-hybridized carbons (Fsp3) is 0.565. The Morgan fingerprint density at radius 1 is 1.09 bits per heavy atom. The van der Waals surface area contributed by atoms with Crippen molar-refractivity contribution in [1.82, 2.24) is 21.3 Å². The summed E-state index contributed by atoms with van der Waals surface area (Å²) in [5, 5.41) is 39.7. The smallest absolute Gasteiger partial charge is 0.326 e. The number of hydrogen-bond acceptors (Lipinski definition) is 8. The van der Waals surface area contributed by atoms with E-state index in [1.807, 2.05) is 6.26 Å². The van der Waals surface area contributed by atoms with Crippen molar-refractivity contribution in [2.75, 3.05) is 18.6 Å². The van der Waals surface area contributed by atoms with Crippen molar-refractivity contribution in [2.45, 2.75) is 62.9 Å². The van der Waals surface area contributed by atoms with Crippen LogP contribution in [0.2, 0.25) is 0 Å². The van der Waals surface area contributed by atoms with E-state index in [2.05, 4.69) is 21.3 Å². The molecule has 0 saturated carbocycles. The Bertz CT molecular complexity index is 875. The van der Waals surface area contributed by atoms with E-state index in [0.29, 0.717) is 24.3 Å². The molecule has 7 N–H and O–H groups in total. The number of aliphatic hydroxyl groups excluding tert-OH is 1. The minimum Gasteiger partial charge on any atom is -0.508 e. The van der Waals surface area contributed by atoms with E-state index in [-0.39, 0.29) is 18.6 Å². The summed E-state index contributed by atoms with van der Waals surface area (Å²) in [7, 11) is 0. The Labute approximate surface area is 208 Å². The van der Waals surface area contributed by atoms with Crippen molar-refractivity contribution < 1.29 is 34.5 Å². The molecule has 3 amide bonds. The lowest BCUT2D eigenvalue weighted by molar-refractivity contribution is -0.142. The van der Waals surface area contributed by atoms with Crippen molar-refractivity contribution in [3.8, 4) is 5.75 Å². The number of benzene rings is 1. The van der Waals surface area contributed by atoms with Crippen molar-refractivity contribution in [1.29, 1.82) is 0 Å². The second-order valence-corrected chi connectivity index (χ2v) is 9.47. The standard InChI is InChI=1S/C23H34N4O7S/c1-13(28)19(27-20(30)16-4-3-10-24-16)22(32)25-17(9-11-35-2)21(31)26-18(23(33)34)12-14-5-7-15(29)8-6-14/h5-8,13,16-19,24,28-29H,3-4,9-12H2,1-2H3,(H,25,32)(H,26,31)(H,27,30)(H,33,34). The van der Waals surface area contributed by atoms with Gasteiger partial charge in [0.2, 0.25) is 17.7 Å². The van der Waals surface area contributed by atoms with E-state index in [9.17, 15) is 34.5 Å². The largest absolute Gasteiger partial charge is 0.508 e. The number of thioether (sulfide) groups is 1. The lowest BCUT2D eigenvalue weighted by Gasteiger charge is -2.26. The van der Waals surface area contributed by atoms with E-state index in [4.69, 9.17) is 0 Å². The highest BCUT2D eigenvalue weighted by Gasteiger charge is 2.33. The van der Waals surface area contributed by atoms with Gasteiger partial charge in [-0.2, -0.15) is 11.8 Å². The van der Waals surface area contributed by atoms with Crippen LogP contribution in [0, 0.1) is 0 Å². The molecule has 1 aromatic rings. The monoisotopic (exact) mass is 510 g/mol. The first-order valence-corrected chi connectivity index (χ1v) is 12.8. The number of phenolic OH excluding ortho intramolecular Hbond substituents is 1. The third-order valence-corrected chi connectivity index (χ3v) is 6.32. The van der Waals surface area contributed by atoms with Crippen LogP contribution in [0.4, 0.5) is 0 Å². The van der Waals surface area contributed by atoms with Crippen LogP contribution in [-0.4, -0.2) is 87.8 Å². The zero-order valence-electron chi connectivity index (χ0n) is 19.8. The maximum absolute atomic E-state index is 13.0. The van der Waals surface area contributed by atoms with Gasteiger partial charge < -0.3 is 36.6 Å². The van der Waals surface area contributed by atoms with Crippen LogP contribution < -0.4 is 21.3 Å². The maximum Gasteiger partial charge on any atom is 0.326 e. The highest BCUT2D eigenvalue weighted by atomic mass is 32.2. The number of aliphatic carboxylic acids is 1. The molecule has 0 aromatic heterocycles. The lowest BCUT2D eigenvalue weighted by Crippen LogP contribution is -2.59. The molecule has 5 atom stereocenters. The van der Waals surface area contributed by atoms with E-state index in [1.54, 1.807) is 12.1 Å². The molecule has 1 aromatic carbocycles. The molecule has 0 bridgehead atoms. The fourth-order valence-corrected chi connectivity index (χ4v) is 4.14. The number of hydrogen-bond donors (Lipinski definition) is 7. The summed E-state index contributed by atoms with van der Waals surface area (Å²) in [6.45, 7) is 2.05. The predicted octanol–water partition coefficient (Wildman–Crippen LogP) is -0.640. The second kappa shape index (κ2) is 13.9. The number of phenols is 1. The molecule has 12 heteroatoms. The molecule has 1 aliphatic heterocycles. The molecule has 1 heterocycles. The molecule has 1 saturated heterocycles. The topological polar surface area (TPSA) is 177 Å². The van der Waals surface area contributed by atoms with Gasteiger partial charge in [-0.15, -0.1) is 0 Å². The molecule has 11 nitrogen and oxygen atoms in total. The summed E-state index contributed by atoms with van der Waals surface area (Å²) in [6, 6.07) is 1.89. The number of nitrogens with one attached hydrogen (secondary N) is 4. The molecule has 0 spiro atoms. The molecule has 1 aliphatic rings. The molecule has 194 valence electrons. The Balaban J connectivity index is 2.08. The van der Waals surface area contributed by atoms with Crippen LogP contribution in [0.15, 0.2) is 24.3 Å². The van der Waals surface area contributed by atoms with Gasteiger partial charge in [0, 0.05) is 6.42 Å². The number of amides is 3. The number of carbonyl (C=O) groups is 4. The van der Waals surface area contributed by atoms with E-state index in [0.717, 1.165) is 6.42 Å². The van der Waals surface area contributed by atoms with Gasteiger partial charge in [-0.1, -0.05) is 12.1 Å². The molecule has 0 aliphatic carbocycles. The first kappa shape index (κ1) is 28.4. The minimum atomic E-state index is -1.28. The first-order valence-electron chi connectivity index (χ1n) is 11.4. The maximum atomic E-state index is 13.0. The zero-order chi connectivity index (χ0) is 26.0. The summed E-state index contributed by atoms with van der Waals surface area (Å²) in [4.78, 5) is 50.1. The number of aromatic hydroxyl groups is 1. The second-order valence-electron chi connectivity index (χ2n) is 8.49. The normalized spacial score (nSPS) is 18.7. The Morgan fingerprint density at radius 3 is 2.29 bits per heavy atom. The molecular formula is C23H34N4O7S. The molecular weight excluding hydrogens is 476 g/mol. The Morgan fingerprint density at radius 2 is 1.74 bits per heavy atom. The highest BCUT2D eigenvalue weighted by molar-refractivity contribution is 7.98. The molecule has 0 radical (unpaired) electrons. The van der Waals surface area contributed by atoms with Gasteiger partial charge in [-0.3, -0.25) is 14.4 Å². The van der Waals surface area contributed by atoms with Crippen LogP contribution >= 0.6 is 11.8 Å². The van der Waals surface area contributed by atoms with Crippen LogP contribution in [-0.2, 0) is 25.6 Å². The zero-order valence-corrected chi connectivity index (χ0v) is 20.6. The number of rotatable bonds is 13. The van der Waals surface area contributed by atoms with Crippen LogP contribution in [0.25, 0.3) is 0 Å². The van der Waals surface area contributed by atoms with Crippen LogP contribution in [0.1, 0.15) is 31.7 Å². The third kappa shape index (κ3) is 9.04. The number of aliphatic hydroxyl groups is 1. The number of carboxylic acids is 1. The number of carboxylic acid groups (broad SMARTS) is 1. The minimum absolute atomic E-state index is 0.0225. The highest BCUT2D eigenvalue weighted by Crippen LogP contribution is 2.12. The third-order valence-electron chi connectivity index (χ3n) is 5.67. The van der Waals surface area contributed by atoms with Crippen molar-refractivity contribution in [2.24, 2.45) is 0 Å². The SMILES string of the molecule is CSCCC(NC(=O)C(NC(=O)C1CCCN1)C(C)O)C(=O)NC(Cc1ccc(O)cc1)C(=O)O. The average molecular weight is 511 g/mol. The van der Waals surface area contributed by atoms with E-state index >= 15 is 0 Å². The summed E-state index contributed by atoms with van der Waals surface area (Å²) in [5.41, 5.74) is 0.595. The van der Waals surface area contributed by atoms with Gasteiger partial charge >= 0.3 is 5.97 Å². The van der Waals surface area contributed by atoms with E-state index < -0.39 is 54.0 Å². The van der Waals surface area contributed by atoms with Crippen molar-refractivity contribution in [3.05, 3.63) is 29.8 Å². The number of carbonyl (C=O) groups excluding carboxylic acids is 3. The van der Waals surface area contributed by atoms with Gasteiger partial charge in [0.1, 0.15) is 23.9 Å². The van der Waals surface area contributed by atoms with Gasteiger partial charge in [0.05, 0.1) is 12.1 Å². The van der Waals surface area contributed by atoms with Crippen molar-refractivity contribution >= 4 is 35.5 Å². The summed E-state index contributed by atoms with van der Waals surface area (Å²) < 4.78 is 0. The Kier molecular flexibility index (Phi) is 11.3. The lowest BCUT2D eigenvalue weighted by atomic mass is 10.0. The first-order chi connectivity index (χ1) is 16.6. The van der Waals surface area contributed by atoms with Crippen molar-refractivity contribution in [3.63, 3.8) is 0 Å². The van der Waals surface area contributed by atoms with Gasteiger partial charge in [0.25, 0.3) is 0 Å². The fourth-order valence-electron chi connectivity index (χ4n) is 3.67. The summed E-state index contributed by atoms with van der Waals surface area (Å²) in [5.74, 6) is -2.54. The van der Waals surface area contributed by atoms with Gasteiger partial charge in [-0.05, 0) is 62.4 Å². The van der Waals surface area contributed by atoms with Gasteiger partial charge in [-0.25, -0.2) is 4.79 Å². The average Bonchev–Trinajstić information content (AvgIpc) is 3.35. The van der Waals surface area contributed by atoms with Gasteiger partial charge in [0.15, 0.2) is 0 Å². The quantitative estimate of drug-likeness (QED) is 0.182. The van der Waals surface area contributed by atoms with E-state index in [1.165, 1.54) is 30.8 Å².